The molecule has 1 amide bonds. The predicted molar refractivity (Wildman–Crippen MR) is 79.4 cm³/mol. The van der Waals surface area contributed by atoms with E-state index in [1.807, 2.05) is 30.3 Å². The maximum Gasteiger partial charge on any atom is 0.255 e. The average Bonchev–Trinajstić information content (AvgIpc) is 3.27. The van der Waals surface area contributed by atoms with Gasteiger partial charge in [0.1, 0.15) is 18.0 Å². The minimum atomic E-state index is -0.190. The van der Waals surface area contributed by atoms with Gasteiger partial charge in [0.2, 0.25) is 0 Å². The van der Waals surface area contributed by atoms with E-state index in [9.17, 15) is 4.79 Å². The van der Waals surface area contributed by atoms with E-state index in [1.165, 1.54) is 6.26 Å². The van der Waals surface area contributed by atoms with Crippen LogP contribution in [0.3, 0.4) is 0 Å². The van der Waals surface area contributed by atoms with Gasteiger partial charge in [-0.1, -0.05) is 18.2 Å². The molecule has 0 radical (unpaired) electrons. The van der Waals surface area contributed by atoms with Crippen molar-refractivity contribution in [1.82, 2.24) is 15.5 Å². The number of hydrogen-bond donors (Lipinski definition) is 2. The molecular weight excluding hydrogens is 282 g/mol. The minimum Gasteiger partial charge on any atom is -0.463 e. The lowest BCUT2D eigenvalue weighted by Crippen LogP contribution is -2.36. The Hall–Kier alpha value is -2.60. The van der Waals surface area contributed by atoms with E-state index in [1.54, 1.807) is 6.20 Å². The molecule has 1 aromatic carbocycles. The Morgan fingerprint density at radius 3 is 3.09 bits per heavy atom. The number of H-pyrrole nitrogens is 1. The number of furan rings is 1. The van der Waals surface area contributed by atoms with Crippen LogP contribution in [0.1, 0.15) is 28.6 Å². The van der Waals surface area contributed by atoms with Crippen LogP contribution in [0.5, 0.6) is 0 Å². The third-order valence-electron chi connectivity index (χ3n) is 3.96. The summed E-state index contributed by atoms with van der Waals surface area (Å²) in [5.41, 5.74) is 2.13. The molecule has 4 rings (SSSR count). The van der Waals surface area contributed by atoms with Crippen molar-refractivity contribution in [2.24, 2.45) is 0 Å². The molecule has 6 nitrogen and oxygen atoms in total. The molecular formula is C16H15N3O3. The zero-order chi connectivity index (χ0) is 14.9. The zero-order valence-electron chi connectivity index (χ0n) is 11.8. The molecule has 1 saturated heterocycles. The second-order valence-electron chi connectivity index (χ2n) is 5.32. The number of aromatic nitrogens is 2. The number of fused-ring (bicyclic) bond motifs is 1. The zero-order valence-corrected chi connectivity index (χ0v) is 11.8. The Balaban J connectivity index is 1.56. The van der Waals surface area contributed by atoms with Crippen molar-refractivity contribution in [2.45, 2.75) is 18.6 Å². The number of hydrogen-bond acceptors (Lipinski definition) is 4. The van der Waals surface area contributed by atoms with Crippen LogP contribution >= 0.6 is 0 Å². The van der Waals surface area contributed by atoms with E-state index in [-0.39, 0.29) is 18.1 Å². The van der Waals surface area contributed by atoms with Gasteiger partial charge in [0, 0.05) is 18.2 Å². The Morgan fingerprint density at radius 2 is 2.23 bits per heavy atom. The van der Waals surface area contributed by atoms with Gasteiger partial charge < -0.3 is 14.5 Å². The smallest absolute Gasteiger partial charge is 0.255 e. The molecule has 0 aliphatic carbocycles. The fourth-order valence-corrected chi connectivity index (χ4v) is 2.87. The maximum absolute atomic E-state index is 12.5. The van der Waals surface area contributed by atoms with Crippen LogP contribution < -0.4 is 5.32 Å². The van der Waals surface area contributed by atoms with Crippen molar-refractivity contribution >= 4 is 16.9 Å². The third-order valence-corrected chi connectivity index (χ3v) is 3.96. The van der Waals surface area contributed by atoms with Crippen LogP contribution in [0.2, 0.25) is 0 Å². The predicted octanol–water partition coefficient (Wildman–Crippen LogP) is 2.42. The Morgan fingerprint density at radius 1 is 1.32 bits per heavy atom. The van der Waals surface area contributed by atoms with E-state index >= 15 is 0 Å². The summed E-state index contributed by atoms with van der Waals surface area (Å²) in [5, 5.41) is 10.7. The molecule has 2 atom stereocenters. The number of nitrogens with zero attached hydrogens (tertiary/aromatic N) is 1. The van der Waals surface area contributed by atoms with Gasteiger partial charge in [-0.3, -0.25) is 9.89 Å². The van der Waals surface area contributed by atoms with E-state index < -0.39 is 0 Å². The number of ether oxygens (including phenoxy) is 1. The first-order valence-electron chi connectivity index (χ1n) is 7.21. The number of carbonyl (C=O) groups excluding carboxylic acids is 1. The topological polar surface area (TPSA) is 80.1 Å². The van der Waals surface area contributed by atoms with Gasteiger partial charge in [-0.2, -0.15) is 5.10 Å². The standard InChI is InChI=1S/C16H15N3O3/c20-16(11-9-22-14-4-2-1-3-10(11)14)18-12-6-8-21-15(12)13-5-7-17-19-13/h1-5,7,9,12,15H,6,8H2,(H,17,19)(H,18,20)/t12-,15-/m1/s1. The van der Waals surface area contributed by atoms with Crippen LogP contribution in [-0.2, 0) is 4.74 Å². The van der Waals surface area contributed by atoms with Crippen LogP contribution in [0.15, 0.2) is 47.2 Å². The first-order valence-corrected chi connectivity index (χ1v) is 7.21. The van der Waals surface area contributed by atoms with Gasteiger partial charge >= 0.3 is 0 Å². The highest BCUT2D eigenvalue weighted by Gasteiger charge is 2.32. The number of nitrogens with one attached hydrogen (secondary N) is 2. The molecule has 0 spiro atoms. The van der Waals surface area contributed by atoms with E-state index in [0.717, 1.165) is 17.5 Å². The highest BCUT2D eigenvalue weighted by molar-refractivity contribution is 6.06. The summed E-state index contributed by atoms with van der Waals surface area (Å²) >= 11 is 0. The molecule has 2 aromatic heterocycles. The fourth-order valence-electron chi connectivity index (χ4n) is 2.87. The second kappa shape index (κ2) is 5.31. The summed E-state index contributed by atoms with van der Waals surface area (Å²) in [7, 11) is 0. The van der Waals surface area contributed by atoms with E-state index in [4.69, 9.17) is 9.15 Å². The fraction of sp³-hybridized carbons (Fsp3) is 0.250. The van der Waals surface area contributed by atoms with Crippen molar-refractivity contribution in [3.8, 4) is 0 Å². The summed E-state index contributed by atoms with van der Waals surface area (Å²) in [6, 6.07) is 9.28. The first-order chi connectivity index (χ1) is 10.8. The van der Waals surface area contributed by atoms with Gasteiger partial charge in [0.15, 0.2) is 0 Å². The van der Waals surface area contributed by atoms with Gasteiger partial charge in [-0.15, -0.1) is 0 Å². The molecule has 3 heterocycles. The highest BCUT2D eigenvalue weighted by Crippen LogP contribution is 2.28. The summed E-state index contributed by atoms with van der Waals surface area (Å²) in [6.45, 7) is 0.612. The number of carbonyl (C=O) groups is 1. The van der Waals surface area contributed by atoms with Crippen LogP contribution in [0.4, 0.5) is 0 Å². The average molecular weight is 297 g/mol. The Labute approximate surface area is 126 Å². The van der Waals surface area contributed by atoms with Crippen molar-refractivity contribution in [3.63, 3.8) is 0 Å². The SMILES string of the molecule is O=C(N[C@@H]1CCO[C@H]1c1ccn[nH]1)c1coc2ccccc12. The largest absolute Gasteiger partial charge is 0.463 e. The molecule has 0 saturated carbocycles. The van der Waals surface area contributed by atoms with E-state index in [2.05, 4.69) is 15.5 Å². The Bertz CT molecular complexity index is 794. The van der Waals surface area contributed by atoms with E-state index in [0.29, 0.717) is 17.8 Å². The van der Waals surface area contributed by atoms with Gasteiger partial charge in [-0.05, 0) is 18.6 Å². The number of aromatic amines is 1. The molecule has 22 heavy (non-hydrogen) atoms. The van der Waals surface area contributed by atoms with Gasteiger partial charge in [0.25, 0.3) is 5.91 Å². The quantitative estimate of drug-likeness (QED) is 0.778. The number of rotatable bonds is 3. The molecule has 6 heteroatoms. The van der Waals surface area contributed by atoms with Crippen LogP contribution in [0, 0.1) is 0 Å². The van der Waals surface area contributed by atoms with Crippen molar-refractivity contribution < 1.29 is 13.9 Å². The summed E-state index contributed by atoms with van der Waals surface area (Å²) < 4.78 is 11.1. The molecule has 112 valence electrons. The Kier molecular flexibility index (Phi) is 3.16. The summed E-state index contributed by atoms with van der Waals surface area (Å²) in [6.07, 6.45) is 3.76. The van der Waals surface area contributed by atoms with Crippen LogP contribution in [0.25, 0.3) is 11.0 Å². The molecule has 1 aliphatic rings. The molecule has 0 bridgehead atoms. The monoisotopic (exact) mass is 297 g/mol. The van der Waals surface area contributed by atoms with Crippen molar-refractivity contribution in [3.05, 3.63) is 54.0 Å². The van der Waals surface area contributed by atoms with Crippen molar-refractivity contribution in [1.29, 1.82) is 0 Å². The molecule has 1 fully saturated rings. The second-order valence-corrected chi connectivity index (χ2v) is 5.32. The van der Waals surface area contributed by atoms with Gasteiger partial charge in [0.05, 0.1) is 17.3 Å². The number of amides is 1. The van der Waals surface area contributed by atoms with Crippen molar-refractivity contribution in [2.75, 3.05) is 6.61 Å². The minimum absolute atomic E-state index is 0.0818. The lowest BCUT2D eigenvalue weighted by Gasteiger charge is -2.18. The lowest BCUT2D eigenvalue weighted by molar-refractivity contribution is 0.0808. The normalized spacial score (nSPS) is 21.3. The van der Waals surface area contributed by atoms with Crippen LogP contribution in [-0.4, -0.2) is 28.8 Å². The highest BCUT2D eigenvalue weighted by atomic mass is 16.5. The number of para-hydroxylation sites is 1. The molecule has 0 unspecified atom stereocenters. The summed E-state index contributed by atoms with van der Waals surface area (Å²) in [4.78, 5) is 12.5. The first kappa shape index (κ1) is 13.1. The number of benzene rings is 1. The molecule has 3 aromatic rings. The third kappa shape index (κ3) is 2.17. The summed E-state index contributed by atoms with van der Waals surface area (Å²) in [5.74, 6) is -0.148. The molecule has 1 aliphatic heterocycles. The maximum atomic E-state index is 12.5. The lowest BCUT2D eigenvalue weighted by atomic mass is 10.1. The molecule has 2 N–H and O–H groups in total. The van der Waals surface area contributed by atoms with Gasteiger partial charge in [-0.25, -0.2) is 0 Å².